The topological polar surface area (TPSA) is 135 Å². The van der Waals surface area contributed by atoms with E-state index in [2.05, 4.69) is 33.9 Å². The molecule has 3 aromatic rings. The number of nitrogens with zero attached hydrogens (tertiary/aromatic N) is 4. The molecule has 3 saturated carbocycles. The average Bonchev–Trinajstić information content (AvgIpc) is 3.36. The van der Waals surface area contributed by atoms with Crippen LogP contribution in [0.5, 0.6) is 0 Å². The smallest absolute Gasteiger partial charge is 0.413 e. The second-order valence-corrected chi connectivity index (χ2v) is 12.6. The van der Waals surface area contributed by atoms with E-state index in [4.69, 9.17) is 9.26 Å². The summed E-state index contributed by atoms with van der Waals surface area (Å²) in [5.74, 6) is -1.04. The van der Waals surface area contributed by atoms with E-state index < -0.39 is 23.4 Å². The molecule has 11 heteroatoms. The number of halogens is 1. The molecule has 0 atom stereocenters. The zero-order valence-electron chi connectivity index (χ0n) is 23.5. The van der Waals surface area contributed by atoms with Crippen LogP contribution in [0, 0.1) is 22.6 Å². The molecule has 0 saturated heterocycles. The average molecular weight is 549 g/mol. The zero-order chi connectivity index (χ0) is 29.0. The van der Waals surface area contributed by atoms with Gasteiger partial charge in [-0.25, -0.2) is 9.48 Å². The molecule has 40 heavy (non-hydrogen) atoms. The van der Waals surface area contributed by atoms with Crippen LogP contribution in [0.2, 0.25) is 0 Å². The van der Waals surface area contributed by atoms with Gasteiger partial charge in [-0.2, -0.15) is 14.8 Å². The maximum atomic E-state index is 14.9. The number of rotatable bonds is 7. The number of nitriles is 1. The molecular formula is C29H33FN6O4. The highest BCUT2D eigenvalue weighted by molar-refractivity contribution is 5.91. The van der Waals surface area contributed by atoms with Gasteiger partial charge in [-0.3, -0.25) is 15.4 Å². The Morgan fingerprint density at radius 3 is 2.40 bits per heavy atom. The standard InChI is InChI=1S/C29H33FN6O4/c1-16(2)36-24(33-26(38)39-27(3,4)5)19(12-31)22(34-36)18-9-7-17(8-10-18)11-20(37)32-25-21(30)23(35-40-25)29-13-28(6,14-29)15-29/h7-10,16H,11,13-15H2,1-6H3,(H,32,37)(H,33,38). The van der Waals surface area contributed by atoms with Crippen LogP contribution in [0.3, 0.4) is 0 Å². The second kappa shape index (κ2) is 9.47. The van der Waals surface area contributed by atoms with E-state index in [1.54, 1.807) is 49.7 Å². The van der Waals surface area contributed by atoms with Gasteiger partial charge >= 0.3 is 6.09 Å². The van der Waals surface area contributed by atoms with Crippen LogP contribution in [0.25, 0.3) is 11.3 Å². The number of anilines is 2. The van der Waals surface area contributed by atoms with E-state index in [9.17, 15) is 19.2 Å². The minimum Gasteiger partial charge on any atom is -0.444 e. The highest BCUT2D eigenvalue weighted by Crippen LogP contribution is 2.73. The number of benzene rings is 1. The molecule has 3 fully saturated rings. The van der Waals surface area contributed by atoms with Gasteiger partial charge in [0.1, 0.15) is 28.6 Å². The quantitative estimate of drug-likeness (QED) is 0.364. The molecule has 10 nitrogen and oxygen atoms in total. The molecule has 0 unspecified atom stereocenters. The first-order valence-corrected chi connectivity index (χ1v) is 13.3. The number of carbonyl (C=O) groups excluding carboxylic acids is 2. The van der Waals surface area contributed by atoms with Gasteiger partial charge in [0.05, 0.1) is 6.42 Å². The third-order valence-electron chi connectivity index (χ3n) is 7.41. The Morgan fingerprint density at radius 2 is 1.85 bits per heavy atom. The molecular weight excluding hydrogens is 515 g/mol. The van der Waals surface area contributed by atoms with Gasteiger partial charge < -0.3 is 9.26 Å². The van der Waals surface area contributed by atoms with Crippen LogP contribution < -0.4 is 10.6 Å². The summed E-state index contributed by atoms with van der Waals surface area (Å²) in [4.78, 5) is 25.1. The molecule has 2 N–H and O–H groups in total. The van der Waals surface area contributed by atoms with E-state index in [-0.39, 0.29) is 40.6 Å². The van der Waals surface area contributed by atoms with Crippen LogP contribution >= 0.6 is 0 Å². The van der Waals surface area contributed by atoms with Crippen molar-refractivity contribution in [3.63, 3.8) is 0 Å². The van der Waals surface area contributed by atoms with Gasteiger partial charge in [0.25, 0.3) is 5.88 Å². The lowest BCUT2D eigenvalue weighted by molar-refractivity contribution is -0.130. The first-order chi connectivity index (χ1) is 18.7. The van der Waals surface area contributed by atoms with Gasteiger partial charge in [0.15, 0.2) is 5.82 Å². The molecule has 2 aromatic heterocycles. The van der Waals surface area contributed by atoms with Crippen molar-refractivity contribution in [2.24, 2.45) is 5.41 Å². The number of hydrogen-bond acceptors (Lipinski definition) is 7. The van der Waals surface area contributed by atoms with Gasteiger partial charge in [-0.15, -0.1) is 0 Å². The number of aromatic nitrogens is 3. The summed E-state index contributed by atoms with van der Waals surface area (Å²) < 4.78 is 27.0. The third kappa shape index (κ3) is 4.94. The molecule has 210 valence electrons. The van der Waals surface area contributed by atoms with Gasteiger partial charge in [-0.05, 0) is 64.9 Å². The highest BCUT2D eigenvalue weighted by Gasteiger charge is 2.68. The summed E-state index contributed by atoms with van der Waals surface area (Å²) >= 11 is 0. The fourth-order valence-electron chi connectivity index (χ4n) is 6.01. The summed E-state index contributed by atoms with van der Waals surface area (Å²) in [5.41, 5.74) is 1.53. The Kier molecular flexibility index (Phi) is 6.48. The highest BCUT2D eigenvalue weighted by atomic mass is 19.1. The summed E-state index contributed by atoms with van der Waals surface area (Å²) in [6, 6.07) is 8.94. The van der Waals surface area contributed by atoms with Crippen molar-refractivity contribution in [3.05, 3.63) is 46.9 Å². The first-order valence-electron chi connectivity index (χ1n) is 13.3. The Bertz CT molecular complexity index is 1500. The molecule has 2 heterocycles. The molecule has 0 aliphatic heterocycles. The summed E-state index contributed by atoms with van der Waals surface area (Å²) in [7, 11) is 0. The normalized spacial score (nSPS) is 21.3. The SMILES string of the molecule is CC(C)n1nc(-c2ccc(CC(=O)Nc3onc(C45CC(C)(C4)C5)c3F)cc2)c(C#N)c1NC(=O)OC(C)(C)C. The van der Waals surface area contributed by atoms with Gasteiger partial charge in [0.2, 0.25) is 11.7 Å². The Hall–Kier alpha value is -4.20. The van der Waals surface area contributed by atoms with Gasteiger partial charge in [0, 0.05) is 17.0 Å². The largest absolute Gasteiger partial charge is 0.444 e. The maximum Gasteiger partial charge on any atom is 0.413 e. The minimum atomic E-state index is -0.707. The molecule has 3 aliphatic carbocycles. The van der Waals surface area contributed by atoms with E-state index in [0.29, 0.717) is 22.5 Å². The summed E-state index contributed by atoms with van der Waals surface area (Å²) in [5, 5.41) is 23.6. The monoisotopic (exact) mass is 548 g/mol. The summed E-state index contributed by atoms with van der Waals surface area (Å²) in [6.07, 6.45) is 1.98. The molecule has 0 spiro atoms. The van der Waals surface area contributed by atoms with Gasteiger partial charge in [-0.1, -0.05) is 36.3 Å². The maximum absolute atomic E-state index is 14.9. The van der Waals surface area contributed by atoms with Crippen molar-refractivity contribution in [1.82, 2.24) is 14.9 Å². The summed E-state index contributed by atoms with van der Waals surface area (Å²) in [6.45, 7) is 11.2. The molecule has 3 aliphatic rings. The van der Waals surface area contributed by atoms with E-state index >= 15 is 0 Å². The van der Waals surface area contributed by atoms with E-state index in [1.165, 1.54) is 0 Å². The predicted octanol–water partition coefficient (Wildman–Crippen LogP) is 6.10. The van der Waals surface area contributed by atoms with Crippen LogP contribution in [0.1, 0.15) is 83.7 Å². The molecule has 6 rings (SSSR count). The Morgan fingerprint density at radius 1 is 1.20 bits per heavy atom. The number of ether oxygens (including phenoxy) is 1. The van der Waals surface area contributed by atoms with Crippen molar-refractivity contribution in [2.75, 3.05) is 10.6 Å². The van der Waals surface area contributed by atoms with E-state index in [0.717, 1.165) is 19.3 Å². The number of nitrogens with one attached hydrogen (secondary N) is 2. The van der Waals surface area contributed by atoms with E-state index in [1.807, 2.05) is 13.8 Å². The Balaban J connectivity index is 1.29. The lowest BCUT2D eigenvalue weighted by Gasteiger charge is -2.68. The molecule has 1 aromatic carbocycles. The fourth-order valence-corrected chi connectivity index (χ4v) is 6.01. The van der Waals surface area contributed by atoms with Crippen LogP contribution in [-0.4, -0.2) is 32.5 Å². The van der Waals surface area contributed by atoms with Crippen LogP contribution in [0.4, 0.5) is 20.9 Å². The third-order valence-corrected chi connectivity index (χ3v) is 7.41. The van der Waals surface area contributed by atoms with Crippen molar-refractivity contribution in [2.45, 2.75) is 84.3 Å². The van der Waals surface area contributed by atoms with Crippen molar-refractivity contribution in [1.29, 1.82) is 5.26 Å². The first kappa shape index (κ1) is 27.4. The predicted molar refractivity (Wildman–Crippen MR) is 145 cm³/mol. The van der Waals surface area contributed by atoms with Crippen molar-refractivity contribution < 1.29 is 23.2 Å². The number of carbonyl (C=O) groups is 2. The zero-order valence-corrected chi connectivity index (χ0v) is 23.5. The van der Waals surface area contributed by atoms with Crippen LogP contribution in [-0.2, 0) is 21.4 Å². The molecule has 2 amide bonds. The lowest BCUT2D eigenvalue weighted by atomic mass is 9.35. The second-order valence-electron chi connectivity index (χ2n) is 12.6. The van der Waals surface area contributed by atoms with Crippen molar-refractivity contribution >= 4 is 23.7 Å². The number of amides is 2. The molecule has 0 radical (unpaired) electrons. The van der Waals surface area contributed by atoms with Crippen LogP contribution in [0.15, 0.2) is 28.8 Å². The Labute approximate surface area is 231 Å². The fraction of sp³-hybridized carbons (Fsp3) is 0.483. The molecule has 2 bridgehead atoms. The number of hydrogen-bond donors (Lipinski definition) is 2. The van der Waals surface area contributed by atoms with Crippen molar-refractivity contribution in [3.8, 4) is 17.3 Å². The lowest BCUT2D eigenvalue weighted by Crippen LogP contribution is -2.63. The minimum absolute atomic E-state index is 0.0179.